The summed E-state index contributed by atoms with van der Waals surface area (Å²) < 4.78 is 5.27. The smallest absolute Gasteiger partial charge is 0.310 e. The highest BCUT2D eigenvalue weighted by Gasteiger charge is 2.33. The van der Waals surface area contributed by atoms with Gasteiger partial charge in [-0.1, -0.05) is 37.3 Å². The van der Waals surface area contributed by atoms with E-state index in [2.05, 4.69) is 0 Å². The number of carbonyl (C=O) groups excluding carboxylic acids is 1. The molecule has 0 spiro atoms. The lowest BCUT2D eigenvalue weighted by atomic mass is 9.88. The van der Waals surface area contributed by atoms with Crippen LogP contribution in [0.15, 0.2) is 30.3 Å². The minimum Gasteiger partial charge on any atom is -0.481 e. The van der Waals surface area contributed by atoms with Gasteiger partial charge in [0.25, 0.3) is 0 Å². The molecule has 110 valence electrons. The molecule has 4 nitrogen and oxygen atoms in total. The van der Waals surface area contributed by atoms with E-state index in [-0.39, 0.29) is 0 Å². The minimum atomic E-state index is -0.979. The van der Waals surface area contributed by atoms with Gasteiger partial charge in [0, 0.05) is 0 Å². The Morgan fingerprint density at radius 3 is 2.20 bits per heavy atom. The topological polar surface area (TPSA) is 63.6 Å². The third kappa shape index (κ3) is 5.03. The predicted molar refractivity (Wildman–Crippen MR) is 76.3 cm³/mol. The summed E-state index contributed by atoms with van der Waals surface area (Å²) >= 11 is 0. The average Bonchev–Trinajstić information content (AvgIpc) is 2.34. The molecule has 0 aliphatic heterocycles. The molecule has 1 aromatic carbocycles. The molecule has 0 unspecified atom stereocenters. The van der Waals surface area contributed by atoms with E-state index in [1.807, 2.05) is 30.3 Å². The molecular formula is C16H22O4. The summed E-state index contributed by atoms with van der Waals surface area (Å²) in [5.74, 6) is -2.92. The Hall–Kier alpha value is -1.84. The second-order valence-electron chi connectivity index (χ2n) is 5.96. The third-order valence-electron chi connectivity index (χ3n) is 3.00. The van der Waals surface area contributed by atoms with Crippen LogP contribution in [0.2, 0.25) is 0 Å². The first-order valence-electron chi connectivity index (χ1n) is 6.70. The maximum absolute atomic E-state index is 12.0. The van der Waals surface area contributed by atoms with Crippen molar-refractivity contribution in [3.05, 3.63) is 35.9 Å². The van der Waals surface area contributed by atoms with Gasteiger partial charge in [0.15, 0.2) is 0 Å². The summed E-state index contributed by atoms with van der Waals surface area (Å²) in [5.41, 5.74) is 0.288. The molecule has 2 atom stereocenters. The maximum atomic E-state index is 12.0. The molecule has 1 N–H and O–H groups in total. The van der Waals surface area contributed by atoms with Crippen LogP contribution < -0.4 is 0 Å². The fourth-order valence-corrected chi connectivity index (χ4v) is 1.90. The fourth-order valence-electron chi connectivity index (χ4n) is 1.90. The first-order chi connectivity index (χ1) is 9.20. The Morgan fingerprint density at radius 1 is 1.20 bits per heavy atom. The van der Waals surface area contributed by atoms with Gasteiger partial charge in [-0.05, 0) is 32.8 Å². The summed E-state index contributed by atoms with van der Waals surface area (Å²) in [4.78, 5) is 23.4. The van der Waals surface area contributed by atoms with Crippen molar-refractivity contribution >= 4 is 11.9 Å². The van der Waals surface area contributed by atoms with Crippen LogP contribution in [0.25, 0.3) is 0 Å². The lowest BCUT2D eigenvalue weighted by molar-refractivity contribution is -0.165. The normalized spacial score (nSPS) is 14.4. The summed E-state index contributed by atoms with van der Waals surface area (Å²) in [6.45, 7) is 6.91. The highest BCUT2D eigenvalue weighted by molar-refractivity contribution is 5.81. The summed E-state index contributed by atoms with van der Waals surface area (Å²) in [5, 5.41) is 9.34. The zero-order valence-corrected chi connectivity index (χ0v) is 12.4. The van der Waals surface area contributed by atoms with Gasteiger partial charge in [0.05, 0.1) is 11.8 Å². The number of hydrogen-bond donors (Lipinski definition) is 1. The molecule has 0 saturated heterocycles. The molecule has 0 aliphatic rings. The van der Waals surface area contributed by atoms with E-state index in [4.69, 9.17) is 4.74 Å². The number of hydrogen-bond acceptors (Lipinski definition) is 3. The molecule has 4 heteroatoms. The van der Waals surface area contributed by atoms with Crippen LogP contribution in [0.1, 0.15) is 33.3 Å². The monoisotopic (exact) mass is 278 g/mol. The second-order valence-corrected chi connectivity index (χ2v) is 5.96. The first kappa shape index (κ1) is 16.2. The number of carboxylic acid groups (broad SMARTS) is 1. The molecule has 1 aromatic rings. The molecule has 20 heavy (non-hydrogen) atoms. The Labute approximate surface area is 119 Å². The molecule has 0 amide bonds. The van der Waals surface area contributed by atoms with Crippen molar-refractivity contribution in [2.45, 2.75) is 39.7 Å². The average molecular weight is 278 g/mol. The zero-order valence-electron chi connectivity index (χ0n) is 12.4. The quantitative estimate of drug-likeness (QED) is 0.841. The van der Waals surface area contributed by atoms with E-state index in [1.54, 1.807) is 27.7 Å². The lowest BCUT2D eigenvalue weighted by Crippen LogP contribution is -2.35. The van der Waals surface area contributed by atoms with E-state index in [0.29, 0.717) is 6.42 Å². The molecular weight excluding hydrogens is 256 g/mol. The fraction of sp³-hybridized carbons (Fsp3) is 0.500. The van der Waals surface area contributed by atoms with Gasteiger partial charge in [0.1, 0.15) is 5.60 Å². The standard InChI is InChI=1S/C16H22O4/c1-11(15(19)20-16(2,3)4)13(14(17)18)10-12-8-6-5-7-9-12/h5-9,11,13H,10H2,1-4H3,(H,17,18)/t11-,13+/m1/s1. The van der Waals surface area contributed by atoms with Crippen LogP contribution >= 0.6 is 0 Å². The number of benzene rings is 1. The van der Waals surface area contributed by atoms with Crippen LogP contribution in [0.5, 0.6) is 0 Å². The van der Waals surface area contributed by atoms with Crippen molar-refractivity contribution in [3.8, 4) is 0 Å². The van der Waals surface area contributed by atoms with Crippen molar-refractivity contribution in [2.75, 3.05) is 0 Å². The number of carboxylic acids is 1. The van der Waals surface area contributed by atoms with Crippen molar-refractivity contribution < 1.29 is 19.4 Å². The van der Waals surface area contributed by atoms with E-state index < -0.39 is 29.4 Å². The minimum absolute atomic E-state index is 0.316. The highest BCUT2D eigenvalue weighted by Crippen LogP contribution is 2.22. The largest absolute Gasteiger partial charge is 0.481 e. The maximum Gasteiger partial charge on any atom is 0.310 e. The van der Waals surface area contributed by atoms with Crippen molar-refractivity contribution in [2.24, 2.45) is 11.8 Å². The Balaban J connectivity index is 2.81. The van der Waals surface area contributed by atoms with E-state index >= 15 is 0 Å². The van der Waals surface area contributed by atoms with Gasteiger partial charge in [0.2, 0.25) is 0 Å². The molecule has 0 aromatic heterocycles. The summed E-state index contributed by atoms with van der Waals surface area (Å²) in [6, 6.07) is 9.30. The van der Waals surface area contributed by atoms with Gasteiger partial charge in [-0.2, -0.15) is 0 Å². The van der Waals surface area contributed by atoms with Crippen LogP contribution in [0.4, 0.5) is 0 Å². The molecule has 0 fully saturated rings. The van der Waals surface area contributed by atoms with Gasteiger partial charge in [-0.3, -0.25) is 9.59 Å². The van der Waals surface area contributed by atoms with E-state index in [9.17, 15) is 14.7 Å². The lowest BCUT2D eigenvalue weighted by Gasteiger charge is -2.25. The summed E-state index contributed by atoms with van der Waals surface area (Å²) in [6.07, 6.45) is 0.316. The predicted octanol–water partition coefficient (Wildman–Crippen LogP) is 2.91. The second kappa shape index (κ2) is 6.55. The zero-order chi connectivity index (χ0) is 15.3. The number of carbonyl (C=O) groups is 2. The molecule has 0 heterocycles. The van der Waals surface area contributed by atoms with E-state index in [1.165, 1.54) is 0 Å². The molecule has 0 bridgehead atoms. The Kier molecular flexibility index (Phi) is 5.31. The van der Waals surface area contributed by atoms with Crippen molar-refractivity contribution in [1.29, 1.82) is 0 Å². The van der Waals surface area contributed by atoms with Gasteiger partial charge >= 0.3 is 11.9 Å². The third-order valence-corrected chi connectivity index (χ3v) is 3.00. The Bertz CT molecular complexity index is 459. The van der Waals surface area contributed by atoms with E-state index in [0.717, 1.165) is 5.56 Å². The van der Waals surface area contributed by atoms with Crippen LogP contribution in [0, 0.1) is 11.8 Å². The van der Waals surface area contributed by atoms with Gasteiger partial charge in [-0.15, -0.1) is 0 Å². The highest BCUT2D eigenvalue weighted by atomic mass is 16.6. The van der Waals surface area contributed by atoms with Crippen LogP contribution in [-0.2, 0) is 20.7 Å². The molecule has 0 saturated carbocycles. The summed E-state index contributed by atoms with van der Waals surface area (Å²) in [7, 11) is 0. The first-order valence-corrected chi connectivity index (χ1v) is 6.70. The number of rotatable bonds is 5. The van der Waals surface area contributed by atoms with Crippen molar-refractivity contribution in [3.63, 3.8) is 0 Å². The van der Waals surface area contributed by atoms with Gasteiger partial charge < -0.3 is 9.84 Å². The van der Waals surface area contributed by atoms with Crippen LogP contribution in [0.3, 0.4) is 0 Å². The molecule has 1 rings (SSSR count). The van der Waals surface area contributed by atoms with Crippen molar-refractivity contribution in [1.82, 2.24) is 0 Å². The SMILES string of the molecule is C[C@@H](C(=O)OC(C)(C)C)[C@H](Cc1ccccc1)C(=O)O. The molecule has 0 radical (unpaired) electrons. The number of aliphatic carboxylic acids is 1. The Morgan fingerprint density at radius 2 is 1.75 bits per heavy atom. The number of esters is 1. The molecule has 0 aliphatic carbocycles. The number of ether oxygens (including phenoxy) is 1. The van der Waals surface area contributed by atoms with Gasteiger partial charge in [-0.25, -0.2) is 0 Å². The van der Waals surface area contributed by atoms with Crippen LogP contribution in [-0.4, -0.2) is 22.6 Å².